The van der Waals surface area contributed by atoms with Crippen LogP contribution >= 0.6 is 0 Å². The van der Waals surface area contributed by atoms with Crippen LogP contribution in [-0.4, -0.2) is 4.57 Å². The van der Waals surface area contributed by atoms with Crippen molar-refractivity contribution in [3.63, 3.8) is 0 Å². The van der Waals surface area contributed by atoms with Gasteiger partial charge in [0.1, 0.15) is 0 Å². The first kappa shape index (κ1) is 14.5. The van der Waals surface area contributed by atoms with E-state index in [4.69, 9.17) is 0 Å². The van der Waals surface area contributed by atoms with E-state index in [1.54, 1.807) is 0 Å². The molecular formula is C13H8F6N. The van der Waals surface area contributed by atoms with Crippen LogP contribution in [0.5, 0.6) is 0 Å². The fraction of sp³-hybridized carbons (Fsp3) is 0.231. The first-order valence-electron chi connectivity index (χ1n) is 5.42. The monoisotopic (exact) mass is 292 g/mol. The maximum Gasteiger partial charge on any atom is 0.417 e. The maximum atomic E-state index is 12.9. The average molecular weight is 292 g/mol. The standard InChI is InChI=1S/C13H8F6N/c1-20-6-2-3-11(20)9-7-8(12(14,15)16)4-5-10(9)13(17,18)19/h3-7H,1H3. The Bertz CT molecular complexity index is 621. The predicted molar refractivity (Wildman–Crippen MR) is 59.7 cm³/mol. The molecule has 0 spiro atoms. The molecule has 7 heteroatoms. The second kappa shape index (κ2) is 4.57. The van der Waals surface area contributed by atoms with Crippen molar-refractivity contribution in [2.24, 2.45) is 7.05 Å². The zero-order valence-corrected chi connectivity index (χ0v) is 10.1. The number of rotatable bonds is 1. The van der Waals surface area contributed by atoms with Gasteiger partial charge in [0.15, 0.2) is 0 Å². The van der Waals surface area contributed by atoms with E-state index >= 15 is 0 Å². The van der Waals surface area contributed by atoms with Crippen molar-refractivity contribution >= 4 is 0 Å². The number of halogens is 6. The highest BCUT2D eigenvalue weighted by molar-refractivity contribution is 5.66. The fourth-order valence-corrected chi connectivity index (χ4v) is 1.85. The number of hydrogen-bond donors (Lipinski definition) is 0. The molecule has 1 aromatic heterocycles. The third-order valence-corrected chi connectivity index (χ3v) is 2.80. The Morgan fingerprint density at radius 1 is 1.00 bits per heavy atom. The van der Waals surface area contributed by atoms with Gasteiger partial charge in [-0.1, -0.05) is 0 Å². The first-order valence-corrected chi connectivity index (χ1v) is 5.42. The van der Waals surface area contributed by atoms with Crippen molar-refractivity contribution in [2.45, 2.75) is 12.4 Å². The minimum absolute atomic E-state index is 0.0171. The van der Waals surface area contributed by atoms with Crippen LogP contribution in [0.3, 0.4) is 0 Å². The smallest absolute Gasteiger partial charge is 0.350 e. The average Bonchev–Trinajstić information content (AvgIpc) is 2.72. The lowest BCUT2D eigenvalue weighted by atomic mass is 10.0. The summed E-state index contributed by atoms with van der Waals surface area (Å²) in [5.74, 6) is 0. The van der Waals surface area contributed by atoms with Crippen LogP contribution in [0.2, 0.25) is 0 Å². The van der Waals surface area contributed by atoms with E-state index in [1.165, 1.54) is 23.9 Å². The topological polar surface area (TPSA) is 4.93 Å². The summed E-state index contributed by atoms with van der Waals surface area (Å²) in [6, 6.07) is 5.15. The normalized spacial score (nSPS) is 12.8. The number of benzene rings is 1. The zero-order chi connectivity index (χ0) is 15.1. The molecule has 1 aromatic carbocycles. The van der Waals surface area contributed by atoms with Crippen LogP contribution in [0.4, 0.5) is 26.3 Å². The lowest BCUT2D eigenvalue weighted by molar-refractivity contribution is -0.141. The van der Waals surface area contributed by atoms with E-state index in [1.807, 2.05) is 0 Å². The molecule has 0 aliphatic heterocycles. The molecule has 1 nitrogen and oxygen atoms in total. The third kappa shape index (κ3) is 2.66. The molecule has 0 unspecified atom stereocenters. The summed E-state index contributed by atoms with van der Waals surface area (Å²) < 4.78 is 77.9. The van der Waals surface area contributed by atoms with Crippen molar-refractivity contribution in [1.29, 1.82) is 0 Å². The summed E-state index contributed by atoms with van der Waals surface area (Å²) in [5, 5.41) is 0. The lowest BCUT2D eigenvalue weighted by Gasteiger charge is -2.16. The molecule has 0 fully saturated rings. The van der Waals surface area contributed by atoms with Crippen molar-refractivity contribution in [1.82, 2.24) is 4.57 Å². The molecule has 1 heterocycles. The highest BCUT2D eigenvalue weighted by Gasteiger charge is 2.37. The Morgan fingerprint density at radius 2 is 1.65 bits per heavy atom. The Balaban J connectivity index is 2.70. The summed E-state index contributed by atoms with van der Waals surface area (Å²) in [6.07, 6.45) is -8.09. The zero-order valence-electron chi connectivity index (χ0n) is 10.1. The van der Waals surface area contributed by atoms with Crippen LogP contribution in [-0.2, 0) is 19.4 Å². The lowest BCUT2D eigenvalue weighted by Crippen LogP contribution is -2.11. The molecule has 107 valence electrons. The van der Waals surface area contributed by atoms with Gasteiger partial charge in [-0.3, -0.25) is 0 Å². The summed E-state index contributed by atoms with van der Waals surface area (Å²) in [7, 11) is 1.44. The van der Waals surface area contributed by atoms with E-state index in [9.17, 15) is 26.3 Å². The van der Waals surface area contributed by atoms with E-state index in [-0.39, 0.29) is 5.69 Å². The van der Waals surface area contributed by atoms with Gasteiger partial charge in [-0.05, 0) is 24.3 Å². The summed E-state index contributed by atoms with van der Waals surface area (Å²) >= 11 is 0. The fourth-order valence-electron chi connectivity index (χ4n) is 1.85. The van der Waals surface area contributed by atoms with Crippen LogP contribution in [0, 0.1) is 6.07 Å². The SMILES string of the molecule is Cn1c[c]cc1-c1cc(C(F)(F)F)ccc1C(F)(F)F. The molecule has 2 aromatic rings. The Hall–Kier alpha value is -1.92. The molecule has 0 bridgehead atoms. The first-order chi connectivity index (χ1) is 9.10. The van der Waals surface area contributed by atoms with Gasteiger partial charge < -0.3 is 4.57 Å². The van der Waals surface area contributed by atoms with Gasteiger partial charge in [0.05, 0.1) is 11.1 Å². The minimum atomic E-state index is -4.73. The van der Waals surface area contributed by atoms with Gasteiger partial charge in [0, 0.05) is 30.6 Å². The van der Waals surface area contributed by atoms with Crippen molar-refractivity contribution in [2.75, 3.05) is 0 Å². The summed E-state index contributed by atoms with van der Waals surface area (Å²) in [6.45, 7) is 0. The number of aromatic nitrogens is 1. The van der Waals surface area contributed by atoms with E-state index in [2.05, 4.69) is 6.07 Å². The molecular weight excluding hydrogens is 284 g/mol. The number of aryl methyl sites for hydroxylation is 1. The number of nitrogens with zero attached hydrogens (tertiary/aromatic N) is 1. The molecule has 2 rings (SSSR count). The van der Waals surface area contributed by atoms with Gasteiger partial charge in [-0.25, -0.2) is 0 Å². The molecule has 0 aliphatic carbocycles. The van der Waals surface area contributed by atoms with Crippen LogP contribution < -0.4 is 0 Å². The molecule has 0 N–H and O–H groups in total. The summed E-state index contributed by atoms with van der Waals surface area (Å²) in [5.41, 5.74) is -2.73. The van der Waals surface area contributed by atoms with Crippen molar-refractivity contribution in [3.8, 4) is 11.3 Å². The van der Waals surface area contributed by atoms with E-state index < -0.39 is 29.0 Å². The van der Waals surface area contributed by atoms with Crippen LogP contribution in [0.1, 0.15) is 11.1 Å². The Kier molecular flexibility index (Phi) is 3.31. The molecule has 0 aliphatic rings. The van der Waals surface area contributed by atoms with E-state index in [0.717, 1.165) is 0 Å². The molecule has 1 radical (unpaired) electrons. The molecule has 20 heavy (non-hydrogen) atoms. The predicted octanol–water partition coefficient (Wildman–Crippen LogP) is 4.53. The van der Waals surface area contributed by atoms with Gasteiger partial charge in [0.2, 0.25) is 0 Å². The summed E-state index contributed by atoms with van der Waals surface area (Å²) in [4.78, 5) is 0. The molecule has 0 saturated carbocycles. The highest BCUT2D eigenvalue weighted by Crippen LogP contribution is 2.40. The van der Waals surface area contributed by atoms with Crippen LogP contribution in [0.25, 0.3) is 11.3 Å². The quantitative estimate of drug-likeness (QED) is 0.681. The van der Waals surface area contributed by atoms with Gasteiger partial charge >= 0.3 is 12.4 Å². The third-order valence-electron chi connectivity index (χ3n) is 2.80. The van der Waals surface area contributed by atoms with Gasteiger partial charge in [0.25, 0.3) is 0 Å². The number of hydrogen-bond acceptors (Lipinski definition) is 0. The maximum absolute atomic E-state index is 12.9. The number of alkyl halides is 6. The molecule has 0 amide bonds. The Morgan fingerprint density at radius 3 is 2.10 bits per heavy atom. The second-order valence-corrected chi connectivity index (χ2v) is 4.19. The Labute approximate surface area is 110 Å². The van der Waals surface area contributed by atoms with Crippen molar-refractivity contribution < 1.29 is 26.3 Å². The second-order valence-electron chi connectivity index (χ2n) is 4.19. The highest BCUT2D eigenvalue weighted by atomic mass is 19.4. The van der Waals surface area contributed by atoms with Gasteiger partial charge in [-0.2, -0.15) is 26.3 Å². The molecule has 0 saturated heterocycles. The van der Waals surface area contributed by atoms with Crippen molar-refractivity contribution in [3.05, 3.63) is 47.7 Å². The van der Waals surface area contributed by atoms with Crippen LogP contribution in [0.15, 0.2) is 30.5 Å². The molecule has 0 atom stereocenters. The minimum Gasteiger partial charge on any atom is -0.350 e. The van der Waals surface area contributed by atoms with Gasteiger partial charge in [-0.15, -0.1) is 0 Å². The van der Waals surface area contributed by atoms with E-state index in [0.29, 0.717) is 18.2 Å². The largest absolute Gasteiger partial charge is 0.417 e.